The van der Waals surface area contributed by atoms with E-state index in [0.717, 1.165) is 0 Å². The van der Waals surface area contributed by atoms with Gasteiger partial charge >= 0.3 is 0 Å². The van der Waals surface area contributed by atoms with E-state index < -0.39 is 10.0 Å². The van der Waals surface area contributed by atoms with Crippen molar-refractivity contribution in [2.24, 2.45) is 0 Å². The van der Waals surface area contributed by atoms with Gasteiger partial charge < -0.3 is 23.5 Å². The van der Waals surface area contributed by atoms with Gasteiger partial charge in [0.2, 0.25) is 5.75 Å². The highest BCUT2D eigenvalue weighted by Crippen LogP contribution is 2.41. The van der Waals surface area contributed by atoms with E-state index in [-0.39, 0.29) is 16.3 Å². The third kappa shape index (κ3) is 4.06. The van der Waals surface area contributed by atoms with Crippen molar-refractivity contribution in [1.29, 1.82) is 0 Å². The number of ether oxygens (including phenoxy) is 4. The van der Waals surface area contributed by atoms with E-state index in [0.29, 0.717) is 28.6 Å². The largest absolute Gasteiger partial charge is 0.495 e. The van der Waals surface area contributed by atoms with Crippen LogP contribution < -0.4 is 23.7 Å². The molecule has 0 atom stereocenters. The number of methoxy groups -OCH3 is 4. The minimum atomic E-state index is -3.98. The Bertz CT molecular complexity index is 1070. The molecule has 2 aromatic carbocycles. The van der Waals surface area contributed by atoms with Gasteiger partial charge in [0.05, 0.1) is 40.3 Å². The molecule has 0 aliphatic heterocycles. The first kappa shape index (κ1) is 20.3. The topological polar surface area (TPSA) is 109 Å². The molecule has 1 aromatic heterocycles. The van der Waals surface area contributed by atoms with Gasteiger partial charge in [0.15, 0.2) is 17.3 Å². The van der Waals surface area contributed by atoms with Crippen molar-refractivity contribution in [3.8, 4) is 34.3 Å². The average Bonchev–Trinajstić information content (AvgIpc) is 3.27. The summed E-state index contributed by atoms with van der Waals surface area (Å²) in [5.41, 5.74) is 0.868. The van der Waals surface area contributed by atoms with E-state index in [1.165, 1.54) is 52.8 Å². The SMILES string of the molecule is COc1cc(-c2ccno2)ccc1S(=O)(=O)Nc1cc(OC)c(OC)c(OC)c1. The second kappa shape index (κ2) is 8.31. The lowest BCUT2D eigenvalue weighted by molar-refractivity contribution is 0.324. The van der Waals surface area contributed by atoms with Crippen LogP contribution in [0.25, 0.3) is 11.3 Å². The molecule has 9 nitrogen and oxygen atoms in total. The van der Waals surface area contributed by atoms with Gasteiger partial charge in [-0.05, 0) is 18.2 Å². The zero-order chi connectivity index (χ0) is 21.0. The van der Waals surface area contributed by atoms with Crippen LogP contribution in [0.2, 0.25) is 0 Å². The molecule has 0 amide bonds. The van der Waals surface area contributed by atoms with Crippen LogP contribution in [-0.2, 0) is 10.0 Å². The maximum Gasteiger partial charge on any atom is 0.265 e. The molecule has 0 saturated carbocycles. The number of rotatable bonds is 8. The van der Waals surface area contributed by atoms with E-state index in [2.05, 4.69) is 9.88 Å². The van der Waals surface area contributed by atoms with E-state index in [1.807, 2.05) is 0 Å². The maximum absolute atomic E-state index is 13.0. The summed E-state index contributed by atoms with van der Waals surface area (Å²) in [5.74, 6) is 1.63. The summed E-state index contributed by atoms with van der Waals surface area (Å²) < 4.78 is 54.7. The molecule has 1 heterocycles. The minimum Gasteiger partial charge on any atom is -0.495 e. The first-order chi connectivity index (χ1) is 13.9. The van der Waals surface area contributed by atoms with Crippen LogP contribution in [0.1, 0.15) is 0 Å². The molecule has 3 aromatic rings. The van der Waals surface area contributed by atoms with Crippen LogP contribution in [0.3, 0.4) is 0 Å². The Labute approximate surface area is 168 Å². The molecule has 3 rings (SSSR count). The number of nitrogens with zero attached hydrogens (tertiary/aromatic N) is 1. The molecule has 10 heteroatoms. The molecular formula is C19H20N2O7S. The molecule has 154 valence electrons. The Balaban J connectivity index is 2.00. The van der Waals surface area contributed by atoms with E-state index >= 15 is 0 Å². The number of nitrogens with one attached hydrogen (secondary N) is 1. The molecule has 0 saturated heterocycles. The molecule has 0 aliphatic carbocycles. The highest BCUT2D eigenvalue weighted by molar-refractivity contribution is 7.92. The lowest BCUT2D eigenvalue weighted by Gasteiger charge is -2.16. The summed E-state index contributed by atoms with van der Waals surface area (Å²) in [6.07, 6.45) is 1.50. The van der Waals surface area contributed by atoms with Crippen molar-refractivity contribution in [3.05, 3.63) is 42.6 Å². The molecule has 29 heavy (non-hydrogen) atoms. The number of aromatic nitrogens is 1. The fraction of sp³-hybridized carbons (Fsp3) is 0.211. The Hall–Kier alpha value is -3.40. The number of benzene rings is 2. The average molecular weight is 420 g/mol. The summed E-state index contributed by atoms with van der Waals surface area (Å²) >= 11 is 0. The van der Waals surface area contributed by atoms with Crippen LogP contribution in [0.4, 0.5) is 5.69 Å². The van der Waals surface area contributed by atoms with Gasteiger partial charge in [-0.25, -0.2) is 8.42 Å². The minimum absolute atomic E-state index is 0.0444. The summed E-state index contributed by atoms with van der Waals surface area (Å²) in [4.78, 5) is -0.0444. The van der Waals surface area contributed by atoms with Gasteiger partial charge in [-0.2, -0.15) is 0 Å². The maximum atomic E-state index is 13.0. The van der Waals surface area contributed by atoms with Crippen LogP contribution in [-0.4, -0.2) is 42.0 Å². The van der Waals surface area contributed by atoms with Crippen molar-refractivity contribution in [2.75, 3.05) is 33.2 Å². The second-order valence-corrected chi connectivity index (χ2v) is 7.41. The van der Waals surface area contributed by atoms with Gasteiger partial charge in [-0.3, -0.25) is 4.72 Å². The molecular weight excluding hydrogens is 400 g/mol. The predicted octanol–water partition coefficient (Wildman–Crippen LogP) is 3.18. The van der Waals surface area contributed by atoms with Gasteiger partial charge in [0.25, 0.3) is 10.0 Å². The fourth-order valence-corrected chi connectivity index (χ4v) is 3.95. The second-order valence-electron chi connectivity index (χ2n) is 5.76. The van der Waals surface area contributed by atoms with Crippen molar-refractivity contribution < 1.29 is 31.9 Å². The standard InChI is InChI=1S/C19H20N2O7S/c1-24-15-9-12(14-7-8-20-28-14)5-6-18(15)29(22,23)21-13-10-16(25-2)19(27-4)17(11-13)26-3/h5-11,21H,1-4H3. The van der Waals surface area contributed by atoms with E-state index in [4.69, 9.17) is 23.5 Å². The smallest absolute Gasteiger partial charge is 0.265 e. The lowest BCUT2D eigenvalue weighted by atomic mass is 10.1. The Morgan fingerprint density at radius 3 is 2.03 bits per heavy atom. The molecule has 0 bridgehead atoms. The number of sulfonamides is 1. The van der Waals surface area contributed by atoms with E-state index in [1.54, 1.807) is 18.2 Å². The van der Waals surface area contributed by atoms with Crippen LogP contribution in [0.15, 0.2) is 52.0 Å². The Morgan fingerprint density at radius 2 is 1.52 bits per heavy atom. The van der Waals surface area contributed by atoms with E-state index in [9.17, 15) is 8.42 Å². The van der Waals surface area contributed by atoms with Gasteiger partial charge in [-0.15, -0.1) is 0 Å². The fourth-order valence-electron chi connectivity index (χ4n) is 2.76. The van der Waals surface area contributed by atoms with Crippen molar-refractivity contribution in [1.82, 2.24) is 5.16 Å². The quantitative estimate of drug-likeness (QED) is 0.592. The van der Waals surface area contributed by atoms with Gasteiger partial charge in [0.1, 0.15) is 10.6 Å². The first-order valence-electron chi connectivity index (χ1n) is 8.35. The summed E-state index contributed by atoms with van der Waals surface area (Å²) in [6.45, 7) is 0. The molecule has 1 N–H and O–H groups in total. The monoisotopic (exact) mass is 420 g/mol. The summed E-state index contributed by atoms with van der Waals surface area (Å²) in [5, 5.41) is 3.65. The van der Waals surface area contributed by atoms with Crippen LogP contribution in [0.5, 0.6) is 23.0 Å². The number of anilines is 1. The first-order valence-corrected chi connectivity index (χ1v) is 9.83. The third-order valence-electron chi connectivity index (χ3n) is 4.09. The van der Waals surface area contributed by atoms with Crippen molar-refractivity contribution >= 4 is 15.7 Å². The zero-order valence-corrected chi connectivity index (χ0v) is 17.1. The summed E-state index contributed by atoms with van der Waals surface area (Å²) in [7, 11) is 1.76. The van der Waals surface area contributed by atoms with Crippen molar-refractivity contribution in [2.45, 2.75) is 4.90 Å². The highest BCUT2D eigenvalue weighted by Gasteiger charge is 2.23. The highest BCUT2D eigenvalue weighted by atomic mass is 32.2. The van der Waals surface area contributed by atoms with Gasteiger partial charge in [-0.1, -0.05) is 5.16 Å². The third-order valence-corrected chi connectivity index (χ3v) is 5.51. The number of hydrogen-bond donors (Lipinski definition) is 1. The molecule has 0 unspecified atom stereocenters. The van der Waals surface area contributed by atoms with Gasteiger partial charge in [0, 0.05) is 23.8 Å². The molecule has 0 aliphatic rings. The molecule has 0 spiro atoms. The molecule has 0 radical (unpaired) electrons. The number of hydrogen-bond acceptors (Lipinski definition) is 8. The van der Waals surface area contributed by atoms with Crippen LogP contribution >= 0.6 is 0 Å². The lowest BCUT2D eigenvalue weighted by Crippen LogP contribution is -2.14. The predicted molar refractivity (Wildman–Crippen MR) is 105 cm³/mol. The Morgan fingerprint density at radius 1 is 0.862 bits per heavy atom. The summed E-state index contributed by atoms with van der Waals surface area (Å²) in [6, 6.07) is 9.24. The normalized spacial score (nSPS) is 11.0. The zero-order valence-electron chi connectivity index (χ0n) is 16.3. The van der Waals surface area contributed by atoms with Crippen molar-refractivity contribution in [3.63, 3.8) is 0 Å². The Kier molecular flexibility index (Phi) is 5.83. The molecule has 0 fully saturated rings. The van der Waals surface area contributed by atoms with Crippen LogP contribution in [0, 0.1) is 0 Å².